The van der Waals surface area contributed by atoms with Crippen molar-refractivity contribution in [2.24, 2.45) is 0 Å². The number of likely N-dealkylation sites (tertiary alicyclic amines) is 1. The highest BCUT2D eigenvalue weighted by Crippen LogP contribution is 2.45. The summed E-state index contributed by atoms with van der Waals surface area (Å²) in [5.74, 6) is -0.448. The molecule has 1 N–H and O–H groups in total. The molecule has 0 bridgehead atoms. The summed E-state index contributed by atoms with van der Waals surface area (Å²) in [6.45, 7) is 7.86. The summed E-state index contributed by atoms with van der Waals surface area (Å²) in [5.41, 5.74) is 6.50. The minimum atomic E-state index is -1.14. The van der Waals surface area contributed by atoms with E-state index in [4.69, 9.17) is 4.74 Å². The number of rotatable bonds is 5. The number of amides is 1. The second-order valence-corrected chi connectivity index (χ2v) is 8.60. The molecule has 1 aliphatic heterocycles. The summed E-state index contributed by atoms with van der Waals surface area (Å²) >= 11 is 4.11. The van der Waals surface area contributed by atoms with Crippen LogP contribution in [-0.4, -0.2) is 46.0 Å². The third-order valence-corrected chi connectivity index (χ3v) is 6.67. The fourth-order valence-electron chi connectivity index (χ4n) is 5.18. The lowest BCUT2D eigenvalue weighted by Crippen LogP contribution is -2.47. The van der Waals surface area contributed by atoms with E-state index in [0.29, 0.717) is 12.0 Å². The molecule has 0 saturated carbocycles. The van der Waals surface area contributed by atoms with E-state index in [1.165, 1.54) is 42.8 Å². The molecule has 1 unspecified atom stereocenters. The summed E-state index contributed by atoms with van der Waals surface area (Å²) in [6.07, 6.45) is 4.61. The molecular weight excluding hydrogens is 386 g/mol. The van der Waals surface area contributed by atoms with Crippen molar-refractivity contribution in [1.29, 1.82) is 0 Å². The predicted octanol–water partition coefficient (Wildman–Crippen LogP) is 3.35. The molecule has 29 heavy (non-hydrogen) atoms. The standard InChI is InChI=1S/C22H29N3O3S/c1-4-10-24-11-6-8-15-16-7-5-9-18-20(16)17(12-19(15)24)13(2)25(18)23-21(27)22(29)28-14(3)26/h5,7,9,15,19,22,29H,4,6,8,10-12H2,1-3H3,(H,23,27)/t15-,19-,22?/m1/s1. The van der Waals surface area contributed by atoms with Gasteiger partial charge in [-0.2, -0.15) is 0 Å². The normalized spacial score (nSPS) is 22.2. The summed E-state index contributed by atoms with van der Waals surface area (Å²) in [6, 6.07) is 6.90. The molecular formula is C22H29N3O3S. The Kier molecular flexibility index (Phi) is 5.62. The average Bonchev–Trinajstić information content (AvgIpc) is 2.95. The highest BCUT2D eigenvalue weighted by Gasteiger charge is 2.38. The molecule has 2 aromatic rings. The number of carbonyl (C=O) groups excluding carboxylic acids is 2. The molecule has 1 saturated heterocycles. The number of esters is 1. The van der Waals surface area contributed by atoms with Crippen molar-refractivity contribution in [2.75, 3.05) is 18.5 Å². The van der Waals surface area contributed by atoms with Gasteiger partial charge in [0.1, 0.15) is 0 Å². The van der Waals surface area contributed by atoms with E-state index < -0.39 is 17.3 Å². The number of ether oxygens (including phenoxy) is 1. The van der Waals surface area contributed by atoms with Crippen LogP contribution < -0.4 is 5.43 Å². The van der Waals surface area contributed by atoms with Crippen molar-refractivity contribution in [1.82, 2.24) is 9.58 Å². The molecule has 7 heteroatoms. The Morgan fingerprint density at radius 1 is 1.38 bits per heavy atom. The minimum Gasteiger partial charge on any atom is -0.441 e. The van der Waals surface area contributed by atoms with E-state index in [1.54, 1.807) is 0 Å². The van der Waals surface area contributed by atoms with Crippen LogP contribution in [0.5, 0.6) is 0 Å². The third kappa shape index (κ3) is 3.55. The Labute approximate surface area is 177 Å². The molecule has 1 aliphatic carbocycles. The van der Waals surface area contributed by atoms with E-state index >= 15 is 0 Å². The van der Waals surface area contributed by atoms with Crippen molar-refractivity contribution in [2.45, 2.75) is 63.9 Å². The van der Waals surface area contributed by atoms with Gasteiger partial charge in [0.25, 0.3) is 5.91 Å². The van der Waals surface area contributed by atoms with Gasteiger partial charge in [-0.3, -0.25) is 24.6 Å². The van der Waals surface area contributed by atoms with Gasteiger partial charge < -0.3 is 4.74 Å². The highest BCUT2D eigenvalue weighted by atomic mass is 32.1. The van der Waals surface area contributed by atoms with Crippen molar-refractivity contribution in [3.05, 3.63) is 35.0 Å². The Bertz CT molecular complexity index is 952. The monoisotopic (exact) mass is 415 g/mol. The number of piperidine rings is 1. The molecule has 3 atom stereocenters. The third-order valence-electron chi connectivity index (χ3n) is 6.33. The second kappa shape index (κ2) is 8.03. The van der Waals surface area contributed by atoms with Crippen molar-refractivity contribution in [3.63, 3.8) is 0 Å². The van der Waals surface area contributed by atoms with Gasteiger partial charge in [-0.15, -0.1) is 12.6 Å². The molecule has 6 nitrogen and oxygen atoms in total. The molecule has 1 aromatic carbocycles. The van der Waals surface area contributed by atoms with Crippen LogP contribution in [-0.2, 0) is 20.7 Å². The van der Waals surface area contributed by atoms with Crippen LogP contribution in [0.3, 0.4) is 0 Å². The zero-order valence-electron chi connectivity index (χ0n) is 17.3. The van der Waals surface area contributed by atoms with Gasteiger partial charge >= 0.3 is 5.97 Å². The van der Waals surface area contributed by atoms with E-state index in [2.05, 4.69) is 42.0 Å². The molecule has 2 aliphatic rings. The number of nitrogens with zero attached hydrogens (tertiary/aromatic N) is 2. The van der Waals surface area contributed by atoms with Crippen molar-refractivity contribution in [3.8, 4) is 0 Å². The quantitative estimate of drug-likeness (QED) is 0.447. The van der Waals surface area contributed by atoms with Crippen LogP contribution in [0.2, 0.25) is 0 Å². The van der Waals surface area contributed by atoms with E-state index in [9.17, 15) is 9.59 Å². The Balaban J connectivity index is 1.73. The first-order chi connectivity index (χ1) is 13.9. The zero-order chi connectivity index (χ0) is 20.7. The Morgan fingerprint density at radius 2 is 2.17 bits per heavy atom. The molecule has 1 fully saturated rings. The summed E-state index contributed by atoms with van der Waals surface area (Å²) < 4.78 is 6.75. The van der Waals surface area contributed by atoms with Gasteiger partial charge in [0.2, 0.25) is 5.44 Å². The maximum absolute atomic E-state index is 12.5. The molecule has 1 amide bonds. The van der Waals surface area contributed by atoms with Crippen LogP contribution in [0.4, 0.5) is 0 Å². The number of hydrogen-bond acceptors (Lipinski definition) is 5. The molecule has 0 spiro atoms. The lowest BCUT2D eigenvalue weighted by atomic mass is 9.74. The van der Waals surface area contributed by atoms with Gasteiger partial charge in [-0.05, 0) is 62.9 Å². The number of aromatic nitrogens is 1. The predicted molar refractivity (Wildman–Crippen MR) is 117 cm³/mol. The number of hydrogen-bond donors (Lipinski definition) is 2. The summed E-state index contributed by atoms with van der Waals surface area (Å²) in [4.78, 5) is 26.3. The molecule has 4 rings (SSSR count). The maximum atomic E-state index is 12.5. The largest absolute Gasteiger partial charge is 0.441 e. The lowest BCUT2D eigenvalue weighted by Gasteiger charge is -2.44. The first kappa shape index (κ1) is 20.3. The topological polar surface area (TPSA) is 63.6 Å². The van der Waals surface area contributed by atoms with Crippen LogP contribution in [0.25, 0.3) is 10.9 Å². The smallest absolute Gasteiger partial charge is 0.304 e. The van der Waals surface area contributed by atoms with E-state index in [0.717, 1.165) is 30.6 Å². The molecule has 0 radical (unpaired) electrons. The van der Waals surface area contributed by atoms with Crippen LogP contribution in [0.1, 0.15) is 55.8 Å². The van der Waals surface area contributed by atoms with Gasteiger partial charge in [-0.25, -0.2) is 0 Å². The fourth-order valence-corrected chi connectivity index (χ4v) is 5.39. The van der Waals surface area contributed by atoms with E-state index in [1.807, 2.05) is 17.7 Å². The van der Waals surface area contributed by atoms with Crippen molar-refractivity contribution >= 4 is 35.4 Å². The number of nitrogens with one attached hydrogen (secondary N) is 1. The number of carbonyl (C=O) groups is 2. The van der Waals surface area contributed by atoms with Gasteiger partial charge in [0.05, 0.1) is 5.52 Å². The van der Waals surface area contributed by atoms with Crippen LogP contribution >= 0.6 is 12.6 Å². The Hall–Kier alpha value is -1.99. The SMILES string of the molecule is CCCN1CCC[C@@H]2c3cccc4c3c(c(C)n4NC(=O)C(S)OC(C)=O)C[C@H]21. The molecule has 2 heterocycles. The number of benzene rings is 1. The maximum Gasteiger partial charge on any atom is 0.304 e. The average molecular weight is 416 g/mol. The van der Waals surface area contributed by atoms with Crippen molar-refractivity contribution < 1.29 is 14.3 Å². The van der Waals surface area contributed by atoms with Gasteiger partial charge in [-0.1, -0.05) is 19.1 Å². The van der Waals surface area contributed by atoms with E-state index in [-0.39, 0.29) is 0 Å². The minimum absolute atomic E-state index is 0.454. The number of thiol groups is 1. The lowest BCUT2D eigenvalue weighted by molar-refractivity contribution is -0.147. The number of fused-ring (bicyclic) bond motifs is 2. The second-order valence-electron chi connectivity index (χ2n) is 8.13. The first-order valence-electron chi connectivity index (χ1n) is 10.4. The molecule has 1 aromatic heterocycles. The summed E-state index contributed by atoms with van der Waals surface area (Å²) in [5, 5.41) is 1.27. The zero-order valence-corrected chi connectivity index (χ0v) is 18.2. The Morgan fingerprint density at radius 3 is 2.90 bits per heavy atom. The van der Waals surface area contributed by atoms with Crippen LogP contribution in [0.15, 0.2) is 18.2 Å². The fraction of sp³-hybridized carbons (Fsp3) is 0.545. The van der Waals surface area contributed by atoms with Gasteiger partial charge in [0, 0.05) is 30.0 Å². The molecule has 156 valence electrons. The first-order valence-corrected chi connectivity index (χ1v) is 11.0. The highest BCUT2D eigenvalue weighted by molar-refractivity contribution is 7.81. The van der Waals surface area contributed by atoms with Gasteiger partial charge in [0.15, 0.2) is 0 Å². The van der Waals surface area contributed by atoms with Crippen LogP contribution in [0, 0.1) is 6.92 Å². The summed E-state index contributed by atoms with van der Waals surface area (Å²) in [7, 11) is 0.